The maximum atomic E-state index is 13.7. The Kier molecular flexibility index (Phi) is 5.04. The number of ether oxygens (including phenoxy) is 2. The zero-order valence-electron chi connectivity index (χ0n) is 13.2. The topological polar surface area (TPSA) is 64.6 Å². The van der Waals surface area contributed by atoms with Crippen LogP contribution in [0.5, 0.6) is 11.5 Å². The summed E-state index contributed by atoms with van der Waals surface area (Å²) in [4.78, 5) is 23.2. The zero-order chi connectivity index (χ0) is 17.8. The fourth-order valence-corrected chi connectivity index (χ4v) is 2.92. The maximum absolute atomic E-state index is 13.7. The number of thioether (sulfide) groups is 1. The number of imide groups is 1. The van der Waals surface area contributed by atoms with Gasteiger partial charge in [-0.15, -0.1) is 0 Å². The predicted octanol–water partition coefficient (Wildman–Crippen LogP) is 3.74. The fraction of sp³-hybridized carbons (Fsp3) is 0.111. The third-order valence-electron chi connectivity index (χ3n) is 3.47. The lowest BCUT2D eigenvalue weighted by molar-refractivity contribution is -0.115. The second-order valence-electron chi connectivity index (χ2n) is 5.14. The van der Waals surface area contributed by atoms with E-state index in [0.717, 1.165) is 11.8 Å². The molecule has 0 atom stereocenters. The lowest BCUT2D eigenvalue weighted by atomic mass is 10.1. The SMILES string of the molecule is COc1ccc(/C=C2\SC(=O)NC2=O)cc1OCc1ccccc1F. The van der Waals surface area contributed by atoms with Crippen LogP contribution in [0.1, 0.15) is 11.1 Å². The standard InChI is InChI=1S/C18H14FNO4S/c1-23-14-7-6-11(9-16-17(21)20-18(22)25-16)8-15(14)24-10-12-4-2-3-5-13(12)19/h2-9H,10H2,1H3,(H,20,21,22)/b16-9-. The molecule has 0 radical (unpaired) electrons. The Labute approximate surface area is 147 Å². The summed E-state index contributed by atoms with van der Waals surface area (Å²) in [6, 6.07) is 11.4. The molecule has 0 saturated carbocycles. The molecule has 1 aliphatic rings. The second-order valence-corrected chi connectivity index (χ2v) is 6.16. The van der Waals surface area contributed by atoms with Crippen LogP contribution in [0.25, 0.3) is 6.08 Å². The van der Waals surface area contributed by atoms with E-state index >= 15 is 0 Å². The molecule has 0 unspecified atom stereocenters. The number of hydrogen-bond donors (Lipinski definition) is 1. The average molecular weight is 359 g/mol. The normalized spacial score (nSPS) is 15.4. The first kappa shape index (κ1) is 17.0. The molecule has 1 heterocycles. The number of amides is 2. The van der Waals surface area contributed by atoms with Gasteiger partial charge in [-0.05, 0) is 41.6 Å². The third kappa shape index (κ3) is 4.00. The maximum Gasteiger partial charge on any atom is 0.290 e. The van der Waals surface area contributed by atoms with Gasteiger partial charge in [0.15, 0.2) is 11.5 Å². The van der Waals surface area contributed by atoms with Crippen molar-refractivity contribution in [2.45, 2.75) is 6.61 Å². The summed E-state index contributed by atoms with van der Waals surface area (Å²) in [5, 5.41) is 1.79. The van der Waals surface area contributed by atoms with Crippen molar-refractivity contribution in [1.29, 1.82) is 0 Å². The molecule has 1 N–H and O–H groups in total. The number of nitrogens with one attached hydrogen (secondary N) is 1. The van der Waals surface area contributed by atoms with Crippen LogP contribution in [-0.2, 0) is 11.4 Å². The van der Waals surface area contributed by atoms with Gasteiger partial charge in [-0.25, -0.2) is 4.39 Å². The zero-order valence-corrected chi connectivity index (χ0v) is 14.1. The van der Waals surface area contributed by atoms with Crippen LogP contribution in [0.3, 0.4) is 0 Å². The van der Waals surface area contributed by atoms with Crippen molar-refractivity contribution in [2.24, 2.45) is 0 Å². The number of hydrogen-bond acceptors (Lipinski definition) is 5. The van der Waals surface area contributed by atoms with E-state index in [1.165, 1.54) is 13.2 Å². The largest absolute Gasteiger partial charge is 0.493 e. The molecular weight excluding hydrogens is 345 g/mol. The molecule has 2 aromatic carbocycles. The molecule has 7 heteroatoms. The van der Waals surface area contributed by atoms with Crippen LogP contribution in [0.15, 0.2) is 47.4 Å². The Hall–Kier alpha value is -2.80. The van der Waals surface area contributed by atoms with Gasteiger partial charge in [0.25, 0.3) is 11.1 Å². The van der Waals surface area contributed by atoms with Gasteiger partial charge < -0.3 is 9.47 Å². The van der Waals surface area contributed by atoms with Crippen LogP contribution in [0.2, 0.25) is 0 Å². The summed E-state index contributed by atoms with van der Waals surface area (Å²) in [6.45, 7) is 0.0385. The Bertz CT molecular complexity index is 866. The summed E-state index contributed by atoms with van der Waals surface area (Å²) in [6.07, 6.45) is 1.58. The molecule has 0 aliphatic carbocycles. The minimum Gasteiger partial charge on any atom is -0.493 e. The van der Waals surface area contributed by atoms with Crippen molar-refractivity contribution in [3.8, 4) is 11.5 Å². The summed E-state index contributed by atoms with van der Waals surface area (Å²) in [5.41, 5.74) is 1.08. The average Bonchev–Trinajstić information content (AvgIpc) is 2.91. The van der Waals surface area contributed by atoms with E-state index in [1.54, 1.807) is 42.5 Å². The molecule has 25 heavy (non-hydrogen) atoms. The van der Waals surface area contributed by atoms with E-state index in [4.69, 9.17) is 9.47 Å². The van der Waals surface area contributed by atoms with Crippen LogP contribution in [-0.4, -0.2) is 18.3 Å². The van der Waals surface area contributed by atoms with Gasteiger partial charge in [0.2, 0.25) is 0 Å². The van der Waals surface area contributed by atoms with Crippen molar-refractivity contribution in [3.63, 3.8) is 0 Å². The molecule has 5 nitrogen and oxygen atoms in total. The van der Waals surface area contributed by atoms with E-state index in [2.05, 4.69) is 5.32 Å². The van der Waals surface area contributed by atoms with Gasteiger partial charge in [0.1, 0.15) is 12.4 Å². The molecule has 0 aromatic heterocycles. The smallest absolute Gasteiger partial charge is 0.290 e. The predicted molar refractivity (Wildman–Crippen MR) is 92.8 cm³/mol. The lowest BCUT2D eigenvalue weighted by Crippen LogP contribution is -2.17. The molecule has 128 valence electrons. The molecular formula is C18H14FNO4S. The summed E-state index contributed by atoms with van der Waals surface area (Å²) in [7, 11) is 1.50. The van der Waals surface area contributed by atoms with Gasteiger partial charge in [-0.1, -0.05) is 24.3 Å². The second kappa shape index (κ2) is 7.40. The van der Waals surface area contributed by atoms with Gasteiger partial charge in [0.05, 0.1) is 12.0 Å². The molecule has 0 spiro atoms. The van der Waals surface area contributed by atoms with Gasteiger partial charge in [0, 0.05) is 5.56 Å². The van der Waals surface area contributed by atoms with Crippen LogP contribution in [0.4, 0.5) is 9.18 Å². The minimum absolute atomic E-state index is 0.0385. The first-order valence-corrected chi connectivity index (χ1v) is 8.17. The highest BCUT2D eigenvalue weighted by Crippen LogP contribution is 2.32. The van der Waals surface area contributed by atoms with E-state index in [0.29, 0.717) is 27.5 Å². The highest BCUT2D eigenvalue weighted by atomic mass is 32.2. The Morgan fingerprint density at radius 1 is 1.16 bits per heavy atom. The summed E-state index contributed by atoms with van der Waals surface area (Å²) >= 11 is 0.836. The van der Waals surface area contributed by atoms with Gasteiger partial charge in [-0.2, -0.15) is 0 Å². The number of halogens is 1. The van der Waals surface area contributed by atoms with Crippen molar-refractivity contribution in [3.05, 3.63) is 64.3 Å². The van der Waals surface area contributed by atoms with Crippen molar-refractivity contribution >= 4 is 29.0 Å². The Balaban J connectivity index is 1.83. The van der Waals surface area contributed by atoms with Gasteiger partial charge >= 0.3 is 0 Å². The number of carbonyl (C=O) groups excluding carboxylic acids is 2. The van der Waals surface area contributed by atoms with Crippen molar-refractivity contribution in [2.75, 3.05) is 7.11 Å². The molecule has 1 aliphatic heterocycles. The van der Waals surface area contributed by atoms with Crippen LogP contribution >= 0.6 is 11.8 Å². The third-order valence-corrected chi connectivity index (χ3v) is 4.28. The number of carbonyl (C=O) groups is 2. The quantitative estimate of drug-likeness (QED) is 0.824. The Morgan fingerprint density at radius 2 is 1.96 bits per heavy atom. The molecule has 3 rings (SSSR count). The van der Waals surface area contributed by atoms with Crippen molar-refractivity contribution < 1.29 is 23.5 Å². The summed E-state index contributed by atoms with van der Waals surface area (Å²) in [5.74, 6) is 0.116. The number of rotatable bonds is 5. The number of methoxy groups -OCH3 is 1. The first-order chi connectivity index (χ1) is 12.1. The van der Waals surface area contributed by atoms with Crippen LogP contribution < -0.4 is 14.8 Å². The van der Waals surface area contributed by atoms with E-state index < -0.39 is 11.1 Å². The lowest BCUT2D eigenvalue weighted by Gasteiger charge is -2.12. The van der Waals surface area contributed by atoms with E-state index in [-0.39, 0.29) is 12.4 Å². The molecule has 0 bridgehead atoms. The fourth-order valence-electron chi connectivity index (χ4n) is 2.24. The van der Waals surface area contributed by atoms with Gasteiger partial charge in [-0.3, -0.25) is 14.9 Å². The van der Waals surface area contributed by atoms with E-state index in [1.807, 2.05) is 0 Å². The number of benzene rings is 2. The van der Waals surface area contributed by atoms with Crippen LogP contribution in [0, 0.1) is 5.82 Å². The minimum atomic E-state index is -0.431. The highest BCUT2D eigenvalue weighted by Gasteiger charge is 2.25. The molecule has 1 saturated heterocycles. The van der Waals surface area contributed by atoms with Crippen molar-refractivity contribution in [1.82, 2.24) is 5.32 Å². The van der Waals surface area contributed by atoms with E-state index in [9.17, 15) is 14.0 Å². The molecule has 2 aromatic rings. The monoisotopic (exact) mass is 359 g/mol. The molecule has 2 amide bonds. The summed E-state index contributed by atoms with van der Waals surface area (Å²) < 4.78 is 24.6. The first-order valence-electron chi connectivity index (χ1n) is 7.36. The Morgan fingerprint density at radius 3 is 2.64 bits per heavy atom. The highest BCUT2D eigenvalue weighted by molar-refractivity contribution is 8.18. The molecule has 1 fully saturated rings.